The highest BCUT2D eigenvalue weighted by atomic mass is 79.9. The van der Waals surface area contributed by atoms with Gasteiger partial charge in [0, 0.05) is 15.5 Å². The van der Waals surface area contributed by atoms with Gasteiger partial charge in [0.2, 0.25) is 0 Å². The molecule has 0 fully saturated rings. The average molecular weight is 329 g/mol. The van der Waals surface area contributed by atoms with Crippen molar-refractivity contribution in [1.29, 1.82) is 0 Å². The number of thiophene rings is 1. The van der Waals surface area contributed by atoms with Crippen LogP contribution in [0.15, 0.2) is 45.1 Å². The molecule has 0 bridgehead atoms. The van der Waals surface area contributed by atoms with Crippen molar-refractivity contribution in [2.45, 2.75) is 10.6 Å². The highest BCUT2D eigenvalue weighted by Gasteiger charge is 2.03. The Balaban J connectivity index is 1.97. The van der Waals surface area contributed by atoms with Gasteiger partial charge in [0.25, 0.3) is 0 Å². The Morgan fingerprint density at radius 1 is 1.24 bits per heavy atom. The average Bonchev–Trinajstić information content (AvgIpc) is 2.73. The van der Waals surface area contributed by atoms with E-state index in [4.69, 9.17) is 5.11 Å². The van der Waals surface area contributed by atoms with Crippen LogP contribution in [0, 0.1) is 0 Å². The molecule has 0 unspecified atom stereocenters. The van der Waals surface area contributed by atoms with Gasteiger partial charge in [0.15, 0.2) is 0 Å². The fraction of sp³-hybridized carbons (Fsp3) is 0.0833. The van der Waals surface area contributed by atoms with Gasteiger partial charge in [0.1, 0.15) is 0 Å². The summed E-state index contributed by atoms with van der Waals surface area (Å²) in [5.41, 5.74) is 0.327. The normalized spacial score (nSPS) is 10.4. The van der Waals surface area contributed by atoms with Crippen LogP contribution in [0.25, 0.3) is 0 Å². The van der Waals surface area contributed by atoms with Gasteiger partial charge in [-0.25, -0.2) is 4.79 Å². The molecule has 88 valence electrons. The fourth-order valence-corrected chi connectivity index (χ4v) is 3.70. The van der Waals surface area contributed by atoms with E-state index in [-0.39, 0.29) is 0 Å². The molecular weight excluding hydrogens is 320 g/mol. The van der Waals surface area contributed by atoms with Gasteiger partial charge >= 0.3 is 5.97 Å². The maximum atomic E-state index is 10.7. The Morgan fingerprint density at radius 2 is 1.94 bits per heavy atom. The third kappa shape index (κ3) is 3.59. The molecule has 2 rings (SSSR count). The molecule has 17 heavy (non-hydrogen) atoms. The lowest BCUT2D eigenvalue weighted by atomic mass is 10.2. The van der Waals surface area contributed by atoms with E-state index in [9.17, 15) is 4.79 Å². The largest absolute Gasteiger partial charge is 0.478 e. The summed E-state index contributed by atoms with van der Waals surface area (Å²) < 4.78 is 1.13. The molecule has 1 aromatic carbocycles. The van der Waals surface area contributed by atoms with E-state index in [0.717, 1.165) is 14.4 Å². The predicted octanol–water partition coefficient (Wildman–Crippen LogP) is 4.50. The van der Waals surface area contributed by atoms with Gasteiger partial charge in [-0.15, -0.1) is 23.1 Å². The number of rotatable bonds is 4. The highest BCUT2D eigenvalue weighted by molar-refractivity contribution is 9.11. The van der Waals surface area contributed by atoms with Gasteiger partial charge in [-0.05, 0) is 52.3 Å². The minimum atomic E-state index is -0.885. The van der Waals surface area contributed by atoms with Crippen LogP contribution in [0.5, 0.6) is 0 Å². The van der Waals surface area contributed by atoms with Crippen molar-refractivity contribution < 1.29 is 9.90 Å². The predicted molar refractivity (Wildman–Crippen MR) is 75.0 cm³/mol. The zero-order chi connectivity index (χ0) is 12.3. The number of halogens is 1. The zero-order valence-corrected chi connectivity index (χ0v) is 11.9. The van der Waals surface area contributed by atoms with Crippen LogP contribution in [0.4, 0.5) is 0 Å². The van der Waals surface area contributed by atoms with Crippen LogP contribution in [0.1, 0.15) is 15.2 Å². The van der Waals surface area contributed by atoms with Gasteiger partial charge in [-0.2, -0.15) is 0 Å². The Labute approximate surface area is 116 Å². The first-order chi connectivity index (χ1) is 8.15. The number of hydrogen-bond acceptors (Lipinski definition) is 3. The second-order valence-corrected chi connectivity index (χ2v) is 6.92. The molecule has 0 atom stereocenters. The number of carboxylic acids is 1. The molecule has 1 heterocycles. The lowest BCUT2D eigenvalue weighted by Crippen LogP contribution is -1.94. The molecule has 2 aromatic rings. The quantitative estimate of drug-likeness (QED) is 0.839. The summed E-state index contributed by atoms with van der Waals surface area (Å²) in [6.45, 7) is 0. The molecule has 0 amide bonds. The molecule has 0 aliphatic heterocycles. The van der Waals surface area contributed by atoms with E-state index >= 15 is 0 Å². The van der Waals surface area contributed by atoms with Crippen molar-refractivity contribution in [3.63, 3.8) is 0 Å². The minimum Gasteiger partial charge on any atom is -0.478 e. The Morgan fingerprint density at radius 3 is 2.47 bits per heavy atom. The molecule has 0 aliphatic rings. The Hall–Kier alpha value is -0.780. The molecule has 0 saturated heterocycles. The molecule has 0 saturated carbocycles. The molecule has 0 spiro atoms. The summed E-state index contributed by atoms with van der Waals surface area (Å²) in [4.78, 5) is 13.1. The highest BCUT2D eigenvalue weighted by Crippen LogP contribution is 2.29. The standard InChI is InChI=1S/C12H9BrO2S2/c13-11-6-5-10(17-11)7-16-9-3-1-8(2-4-9)12(14)15/h1-6H,7H2,(H,14,15). The third-order valence-electron chi connectivity index (χ3n) is 2.11. The van der Waals surface area contributed by atoms with E-state index in [1.54, 1.807) is 35.2 Å². The van der Waals surface area contributed by atoms with Crippen LogP contribution in [-0.4, -0.2) is 11.1 Å². The Bertz CT molecular complexity index is 520. The smallest absolute Gasteiger partial charge is 0.335 e. The van der Waals surface area contributed by atoms with Crippen molar-refractivity contribution in [1.82, 2.24) is 0 Å². The first kappa shape index (κ1) is 12.7. The van der Waals surface area contributed by atoms with Gasteiger partial charge in [0.05, 0.1) is 9.35 Å². The van der Waals surface area contributed by atoms with E-state index < -0.39 is 5.97 Å². The molecule has 1 N–H and O–H groups in total. The molecular formula is C12H9BrO2S2. The van der Waals surface area contributed by atoms with Crippen LogP contribution in [-0.2, 0) is 5.75 Å². The number of aromatic carboxylic acids is 1. The van der Waals surface area contributed by atoms with Gasteiger partial charge < -0.3 is 5.11 Å². The monoisotopic (exact) mass is 328 g/mol. The van der Waals surface area contributed by atoms with Crippen molar-refractivity contribution in [3.05, 3.63) is 50.6 Å². The van der Waals surface area contributed by atoms with Gasteiger partial charge in [-0.3, -0.25) is 0 Å². The van der Waals surface area contributed by atoms with Gasteiger partial charge in [-0.1, -0.05) is 0 Å². The number of thioether (sulfide) groups is 1. The van der Waals surface area contributed by atoms with Crippen molar-refractivity contribution in [2.24, 2.45) is 0 Å². The lowest BCUT2D eigenvalue weighted by molar-refractivity contribution is 0.0697. The number of hydrogen-bond donors (Lipinski definition) is 1. The SMILES string of the molecule is O=C(O)c1ccc(SCc2ccc(Br)s2)cc1. The lowest BCUT2D eigenvalue weighted by Gasteiger charge is -2.00. The number of carboxylic acid groups (broad SMARTS) is 1. The maximum Gasteiger partial charge on any atom is 0.335 e. The van der Waals surface area contributed by atoms with E-state index in [1.807, 2.05) is 18.2 Å². The number of carbonyl (C=O) groups is 1. The molecule has 1 aromatic heterocycles. The fourth-order valence-electron chi connectivity index (χ4n) is 1.28. The Kier molecular flexibility index (Phi) is 4.25. The summed E-state index contributed by atoms with van der Waals surface area (Å²) in [5, 5.41) is 8.78. The van der Waals surface area contributed by atoms with E-state index in [2.05, 4.69) is 22.0 Å². The maximum absolute atomic E-state index is 10.7. The topological polar surface area (TPSA) is 37.3 Å². The van der Waals surface area contributed by atoms with Crippen LogP contribution < -0.4 is 0 Å². The summed E-state index contributed by atoms with van der Waals surface area (Å²) in [5.74, 6) is 0.0200. The van der Waals surface area contributed by atoms with E-state index in [0.29, 0.717) is 5.56 Å². The summed E-state index contributed by atoms with van der Waals surface area (Å²) in [7, 11) is 0. The first-order valence-corrected chi connectivity index (χ1v) is 7.45. The summed E-state index contributed by atoms with van der Waals surface area (Å²) in [6, 6.07) is 11.1. The molecule has 0 radical (unpaired) electrons. The molecule has 5 heteroatoms. The second-order valence-electron chi connectivity index (χ2n) is 3.32. The van der Waals surface area contributed by atoms with Crippen molar-refractivity contribution in [3.8, 4) is 0 Å². The van der Waals surface area contributed by atoms with Crippen LogP contribution in [0.2, 0.25) is 0 Å². The summed E-state index contributed by atoms with van der Waals surface area (Å²) >= 11 is 6.85. The third-order valence-corrected chi connectivity index (χ3v) is 4.98. The van der Waals surface area contributed by atoms with E-state index in [1.165, 1.54) is 4.88 Å². The second kappa shape index (κ2) is 5.71. The van der Waals surface area contributed by atoms with Crippen molar-refractivity contribution in [2.75, 3.05) is 0 Å². The minimum absolute atomic E-state index is 0.327. The number of benzene rings is 1. The zero-order valence-electron chi connectivity index (χ0n) is 8.72. The van der Waals surface area contributed by atoms with Crippen LogP contribution in [0.3, 0.4) is 0 Å². The van der Waals surface area contributed by atoms with Crippen LogP contribution >= 0.6 is 39.0 Å². The first-order valence-electron chi connectivity index (χ1n) is 4.85. The molecule has 0 aliphatic carbocycles. The van der Waals surface area contributed by atoms with Crippen molar-refractivity contribution >= 4 is 45.0 Å². The molecule has 2 nitrogen and oxygen atoms in total. The summed E-state index contributed by atoms with van der Waals surface area (Å²) in [6.07, 6.45) is 0.